The van der Waals surface area contributed by atoms with Crippen molar-refractivity contribution in [3.63, 3.8) is 0 Å². The lowest BCUT2D eigenvalue weighted by atomic mass is 9.93. The highest BCUT2D eigenvalue weighted by molar-refractivity contribution is 5.67. The van der Waals surface area contributed by atoms with Crippen LogP contribution in [0.5, 0.6) is 11.5 Å². The van der Waals surface area contributed by atoms with Crippen LogP contribution >= 0.6 is 0 Å². The van der Waals surface area contributed by atoms with E-state index in [2.05, 4.69) is 4.90 Å². The van der Waals surface area contributed by atoms with Gasteiger partial charge in [0.05, 0.1) is 7.11 Å². The summed E-state index contributed by atoms with van der Waals surface area (Å²) >= 11 is 0. The molecule has 0 aromatic heterocycles. The summed E-state index contributed by atoms with van der Waals surface area (Å²) in [6.07, 6.45) is 2.08. The number of rotatable bonds is 5. The Bertz CT molecular complexity index is 467. The van der Waals surface area contributed by atoms with Crippen molar-refractivity contribution in [1.82, 2.24) is 4.90 Å². The molecule has 1 aromatic rings. The first-order chi connectivity index (χ1) is 9.58. The highest BCUT2D eigenvalue weighted by Crippen LogP contribution is 2.27. The number of carboxylic acids is 1. The van der Waals surface area contributed by atoms with Gasteiger partial charge in [-0.15, -0.1) is 0 Å². The number of ether oxygens (including phenoxy) is 1. The maximum atomic E-state index is 10.7. The third kappa shape index (κ3) is 3.87. The first-order valence-electron chi connectivity index (χ1n) is 6.88. The molecule has 1 aromatic carbocycles. The molecule has 5 nitrogen and oxygen atoms in total. The van der Waals surface area contributed by atoms with Gasteiger partial charge in [0.15, 0.2) is 0 Å². The summed E-state index contributed by atoms with van der Waals surface area (Å²) in [6, 6.07) is 5.33. The van der Waals surface area contributed by atoms with E-state index in [1.807, 2.05) is 12.1 Å². The van der Waals surface area contributed by atoms with E-state index in [-0.39, 0.29) is 18.1 Å². The molecule has 2 rings (SSSR count). The Kier molecular flexibility index (Phi) is 4.84. The molecule has 0 unspecified atom stereocenters. The van der Waals surface area contributed by atoms with Crippen LogP contribution < -0.4 is 4.74 Å². The minimum Gasteiger partial charge on any atom is -0.507 e. The standard InChI is InChI=1S/C15H21NO4/c1-20-13-3-2-12(14(17)9-13)10-16-6-4-11(5-7-16)8-15(18)19/h2-3,9,11,17H,4-8,10H2,1H3,(H,18,19). The second-order valence-electron chi connectivity index (χ2n) is 5.31. The summed E-state index contributed by atoms with van der Waals surface area (Å²) in [5.74, 6) is 0.466. The summed E-state index contributed by atoms with van der Waals surface area (Å²) in [5.41, 5.74) is 0.877. The van der Waals surface area contributed by atoms with Gasteiger partial charge in [-0.25, -0.2) is 0 Å². The number of phenolic OH excluding ortho intramolecular Hbond substituents is 1. The van der Waals surface area contributed by atoms with Crippen LogP contribution in [0.2, 0.25) is 0 Å². The number of carbonyl (C=O) groups is 1. The Morgan fingerprint density at radius 1 is 1.40 bits per heavy atom. The van der Waals surface area contributed by atoms with E-state index in [0.717, 1.165) is 31.5 Å². The number of phenols is 1. The Labute approximate surface area is 118 Å². The fraction of sp³-hybridized carbons (Fsp3) is 0.533. The van der Waals surface area contributed by atoms with Crippen LogP contribution in [0.15, 0.2) is 18.2 Å². The molecular weight excluding hydrogens is 258 g/mol. The predicted molar refractivity (Wildman–Crippen MR) is 74.9 cm³/mol. The fourth-order valence-corrected chi connectivity index (χ4v) is 2.64. The molecule has 1 heterocycles. The largest absolute Gasteiger partial charge is 0.507 e. The maximum absolute atomic E-state index is 10.7. The number of hydrogen-bond donors (Lipinski definition) is 2. The van der Waals surface area contributed by atoms with Crippen LogP contribution in [0.3, 0.4) is 0 Å². The van der Waals surface area contributed by atoms with Crippen molar-refractivity contribution in [2.75, 3.05) is 20.2 Å². The molecule has 0 amide bonds. The SMILES string of the molecule is COc1ccc(CN2CCC(CC(=O)O)CC2)c(O)c1. The predicted octanol–water partition coefficient (Wildman–Crippen LogP) is 2.09. The van der Waals surface area contributed by atoms with Crippen molar-refractivity contribution < 1.29 is 19.7 Å². The second-order valence-corrected chi connectivity index (χ2v) is 5.31. The molecule has 0 radical (unpaired) electrons. The van der Waals surface area contributed by atoms with E-state index < -0.39 is 5.97 Å². The Hall–Kier alpha value is -1.75. The fourth-order valence-electron chi connectivity index (χ4n) is 2.64. The summed E-state index contributed by atoms with van der Waals surface area (Å²) in [7, 11) is 1.57. The van der Waals surface area contributed by atoms with Gasteiger partial charge in [0, 0.05) is 24.6 Å². The molecule has 1 fully saturated rings. The Balaban J connectivity index is 1.88. The number of likely N-dealkylation sites (tertiary alicyclic amines) is 1. The molecular formula is C15H21NO4. The molecule has 1 aliphatic heterocycles. The first kappa shape index (κ1) is 14.7. The van der Waals surface area contributed by atoms with Crippen molar-refractivity contribution in [2.45, 2.75) is 25.8 Å². The van der Waals surface area contributed by atoms with E-state index in [4.69, 9.17) is 9.84 Å². The smallest absolute Gasteiger partial charge is 0.303 e. The maximum Gasteiger partial charge on any atom is 0.303 e. The summed E-state index contributed by atoms with van der Waals surface area (Å²) < 4.78 is 5.06. The molecule has 1 saturated heterocycles. The van der Waals surface area contributed by atoms with Gasteiger partial charge in [-0.2, -0.15) is 0 Å². The highest BCUT2D eigenvalue weighted by atomic mass is 16.5. The second kappa shape index (κ2) is 6.61. The van der Waals surface area contributed by atoms with Gasteiger partial charge in [-0.3, -0.25) is 9.69 Å². The lowest BCUT2D eigenvalue weighted by molar-refractivity contribution is -0.138. The van der Waals surface area contributed by atoms with Crippen molar-refractivity contribution in [3.8, 4) is 11.5 Å². The Morgan fingerprint density at radius 3 is 2.65 bits per heavy atom. The molecule has 0 spiro atoms. The van der Waals surface area contributed by atoms with Crippen LogP contribution in [0, 0.1) is 5.92 Å². The van der Waals surface area contributed by atoms with Crippen molar-refractivity contribution in [1.29, 1.82) is 0 Å². The van der Waals surface area contributed by atoms with Gasteiger partial charge >= 0.3 is 5.97 Å². The summed E-state index contributed by atoms with van der Waals surface area (Å²) in [4.78, 5) is 12.9. The van der Waals surface area contributed by atoms with Gasteiger partial charge in [0.25, 0.3) is 0 Å². The zero-order valence-corrected chi connectivity index (χ0v) is 11.7. The average molecular weight is 279 g/mol. The molecule has 0 aliphatic carbocycles. The normalized spacial score (nSPS) is 17.1. The van der Waals surface area contributed by atoms with Crippen LogP contribution in [0.25, 0.3) is 0 Å². The summed E-state index contributed by atoms with van der Waals surface area (Å²) in [6.45, 7) is 2.45. The van der Waals surface area contributed by atoms with E-state index in [1.54, 1.807) is 13.2 Å². The molecule has 0 saturated carbocycles. The van der Waals surface area contributed by atoms with Gasteiger partial charge in [-0.1, -0.05) is 6.07 Å². The van der Waals surface area contributed by atoms with Crippen LogP contribution in [0.4, 0.5) is 0 Å². The number of aliphatic carboxylic acids is 1. The highest BCUT2D eigenvalue weighted by Gasteiger charge is 2.21. The zero-order valence-electron chi connectivity index (χ0n) is 11.7. The quantitative estimate of drug-likeness (QED) is 0.863. The molecule has 110 valence electrons. The molecule has 0 bridgehead atoms. The number of hydrogen-bond acceptors (Lipinski definition) is 4. The van der Waals surface area contributed by atoms with Crippen LogP contribution in [0.1, 0.15) is 24.8 Å². The molecule has 2 N–H and O–H groups in total. The van der Waals surface area contributed by atoms with Crippen molar-refractivity contribution in [2.24, 2.45) is 5.92 Å². The molecule has 20 heavy (non-hydrogen) atoms. The topological polar surface area (TPSA) is 70.0 Å². The minimum absolute atomic E-state index is 0.247. The number of methoxy groups -OCH3 is 1. The van der Waals surface area contributed by atoms with Gasteiger partial charge < -0.3 is 14.9 Å². The third-order valence-corrected chi connectivity index (χ3v) is 3.86. The van der Waals surface area contributed by atoms with Gasteiger partial charge in [-0.05, 0) is 37.9 Å². The van der Waals surface area contributed by atoms with Crippen molar-refractivity contribution in [3.05, 3.63) is 23.8 Å². The van der Waals surface area contributed by atoms with E-state index >= 15 is 0 Å². The lowest BCUT2D eigenvalue weighted by Gasteiger charge is -2.31. The van der Waals surface area contributed by atoms with Crippen LogP contribution in [-0.2, 0) is 11.3 Å². The average Bonchev–Trinajstić information content (AvgIpc) is 2.42. The van der Waals surface area contributed by atoms with E-state index in [1.165, 1.54) is 0 Å². The number of benzene rings is 1. The Morgan fingerprint density at radius 2 is 2.10 bits per heavy atom. The van der Waals surface area contributed by atoms with Gasteiger partial charge in [0.1, 0.15) is 11.5 Å². The monoisotopic (exact) mass is 279 g/mol. The number of aromatic hydroxyl groups is 1. The number of piperidine rings is 1. The van der Waals surface area contributed by atoms with E-state index in [0.29, 0.717) is 12.3 Å². The number of nitrogens with zero attached hydrogens (tertiary/aromatic N) is 1. The number of carboxylic acid groups (broad SMARTS) is 1. The van der Waals surface area contributed by atoms with E-state index in [9.17, 15) is 9.90 Å². The van der Waals surface area contributed by atoms with Crippen LogP contribution in [-0.4, -0.2) is 41.3 Å². The first-order valence-corrected chi connectivity index (χ1v) is 6.88. The molecule has 1 aliphatic rings. The zero-order chi connectivity index (χ0) is 14.5. The lowest BCUT2D eigenvalue weighted by Crippen LogP contribution is -2.33. The van der Waals surface area contributed by atoms with Crippen molar-refractivity contribution >= 4 is 5.97 Å². The van der Waals surface area contributed by atoms with Gasteiger partial charge in [0.2, 0.25) is 0 Å². The molecule has 5 heteroatoms. The summed E-state index contributed by atoms with van der Waals surface area (Å²) in [5, 5.41) is 18.7. The molecule has 0 atom stereocenters. The minimum atomic E-state index is -0.712. The third-order valence-electron chi connectivity index (χ3n) is 3.86.